The second-order valence-electron chi connectivity index (χ2n) is 6.42. The maximum absolute atomic E-state index is 12.7. The molecule has 0 radical (unpaired) electrons. The SMILES string of the molecule is O=C1ON=C(c2ccccc2)/C1=C/c1cc(Cl)ccc1OS(=O)(=O)c1ccc(Cl)cc1. The van der Waals surface area contributed by atoms with Crippen LogP contribution in [0.1, 0.15) is 11.1 Å². The van der Waals surface area contributed by atoms with Crippen LogP contribution < -0.4 is 4.18 Å². The van der Waals surface area contributed by atoms with Crippen LogP contribution >= 0.6 is 23.2 Å². The standard InChI is InChI=1S/C22H13Cl2NO5S/c23-16-6-9-18(10-7-16)31(27,28)30-20-11-8-17(24)12-15(20)13-19-21(25-29-22(19)26)14-4-2-1-3-5-14/h1-13H/b19-13-. The molecule has 4 rings (SSSR count). The van der Waals surface area contributed by atoms with Gasteiger partial charge in [-0.25, -0.2) is 4.79 Å². The largest absolute Gasteiger partial charge is 0.378 e. The van der Waals surface area contributed by atoms with Gasteiger partial charge in [-0.1, -0.05) is 58.7 Å². The topological polar surface area (TPSA) is 82.0 Å². The number of nitrogens with zero attached hydrogens (tertiary/aromatic N) is 1. The van der Waals surface area contributed by atoms with Gasteiger partial charge < -0.3 is 9.02 Å². The van der Waals surface area contributed by atoms with Crippen molar-refractivity contribution in [3.05, 3.63) is 99.5 Å². The van der Waals surface area contributed by atoms with Crippen LogP contribution in [0.15, 0.2) is 88.4 Å². The van der Waals surface area contributed by atoms with Crippen LogP contribution in [0.4, 0.5) is 0 Å². The lowest BCUT2D eigenvalue weighted by molar-refractivity contribution is -0.136. The molecule has 0 spiro atoms. The zero-order valence-corrected chi connectivity index (χ0v) is 18.0. The summed E-state index contributed by atoms with van der Waals surface area (Å²) >= 11 is 11.9. The van der Waals surface area contributed by atoms with E-state index in [1.54, 1.807) is 24.3 Å². The van der Waals surface area contributed by atoms with E-state index in [9.17, 15) is 13.2 Å². The molecule has 3 aromatic carbocycles. The molecular formula is C22H13Cl2NO5S. The first-order valence-corrected chi connectivity index (χ1v) is 11.1. The lowest BCUT2D eigenvalue weighted by Gasteiger charge is -2.11. The van der Waals surface area contributed by atoms with Gasteiger partial charge in [0, 0.05) is 21.2 Å². The summed E-state index contributed by atoms with van der Waals surface area (Å²) in [6.45, 7) is 0. The quantitative estimate of drug-likeness (QED) is 0.292. The molecule has 0 aromatic heterocycles. The fraction of sp³-hybridized carbons (Fsp3) is 0. The number of halogens is 2. The molecule has 0 saturated heterocycles. The van der Waals surface area contributed by atoms with Gasteiger partial charge in [-0.3, -0.25) is 0 Å². The van der Waals surface area contributed by atoms with Crippen molar-refractivity contribution < 1.29 is 22.2 Å². The molecule has 3 aromatic rings. The average Bonchev–Trinajstić information content (AvgIpc) is 3.11. The fourth-order valence-corrected chi connectivity index (χ4v) is 4.11. The van der Waals surface area contributed by atoms with Crippen LogP contribution in [0.25, 0.3) is 6.08 Å². The number of oxime groups is 1. The Morgan fingerprint density at radius 1 is 0.903 bits per heavy atom. The molecule has 6 nitrogen and oxygen atoms in total. The van der Waals surface area contributed by atoms with Crippen molar-refractivity contribution in [1.82, 2.24) is 0 Å². The number of carbonyl (C=O) groups excluding carboxylic acids is 1. The highest BCUT2D eigenvalue weighted by Gasteiger charge is 2.28. The zero-order chi connectivity index (χ0) is 22.0. The highest BCUT2D eigenvalue weighted by molar-refractivity contribution is 7.87. The van der Waals surface area contributed by atoms with Gasteiger partial charge in [-0.15, -0.1) is 0 Å². The maximum Gasteiger partial charge on any atom is 0.368 e. The van der Waals surface area contributed by atoms with E-state index in [0.717, 1.165) is 0 Å². The van der Waals surface area contributed by atoms with E-state index < -0.39 is 16.1 Å². The van der Waals surface area contributed by atoms with E-state index in [0.29, 0.717) is 21.3 Å². The summed E-state index contributed by atoms with van der Waals surface area (Å²) in [6.07, 6.45) is 1.43. The number of hydrogen-bond acceptors (Lipinski definition) is 6. The van der Waals surface area contributed by atoms with E-state index in [-0.39, 0.29) is 21.8 Å². The predicted molar refractivity (Wildman–Crippen MR) is 118 cm³/mol. The van der Waals surface area contributed by atoms with Crippen LogP contribution in [0.5, 0.6) is 5.75 Å². The Morgan fingerprint density at radius 3 is 2.29 bits per heavy atom. The molecule has 0 unspecified atom stereocenters. The Morgan fingerprint density at radius 2 is 1.58 bits per heavy atom. The van der Waals surface area contributed by atoms with Crippen LogP contribution in [-0.2, 0) is 19.8 Å². The van der Waals surface area contributed by atoms with Crippen molar-refractivity contribution in [2.24, 2.45) is 5.16 Å². The summed E-state index contributed by atoms with van der Waals surface area (Å²) < 4.78 is 30.7. The molecule has 0 atom stereocenters. The molecule has 156 valence electrons. The third-order valence-corrected chi connectivity index (χ3v) is 6.05. The minimum atomic E-state index is -4.16. The second kappa shape index (κ2) is 8.55. The number of rotatable bonds is 5. The second-order valence-corrected chi connectivity index (χ2v) is 8.84. The lowest BCUT2D eigenvalue weighted by Crippen LogP contribution is -2.11. The molecule has 1 aliphatic rings. The lowest BCUT2D eigenvalue weighted by atomic mass is 10.0. The Bertz CT molecular complexity index is 1320. The zero-order valence-electron chi connectivity index (χ0n) is 15.7. The summed E-state index contributed by atoms with van der Waals surface area (Å²) in [5.74, 6) is -0.690. The molecule has 0 aliphatic carbocycles. The number of benzene rings is 3. The van der Waals surface area contributed by atoms with Crippen LogP contribution in [0.2, 0.25) is 10.0 Å². The van der Waals surface area contributed by atoms with Crippen molar-refractivity contribution in [3.63, 3.8) is 0 Å². The van der Waals surface area contributed by atoms with Crippen LogP contribution in [0, 0.1) is 0 Å². The van der Waals surface area contributed by atoms with E-state index in [2.05, 4.69) is 5.16 Å². The molecule has 1 heterocycles. The first-order chi connectivity index (χ1) is 14.8. The minimum Gasteiger partial charge on any atom is -0.378 e. The highest BCUT2D eigenvalue weighted by Crippen LogP contribution is 2.30. The van der Waals surface area contributed by atoms with Crippen molar-refractivity contribution in [2.45, 2.75) is 4.90 Å². The molecule has 0 saturated carbocycles. The van der Waals surface area contributed by atoms with Gasteiger partial charge in [0.2, 0.25) is 0 Å². The van der Waals surface area contributed by atoms with Crippen LogP contribution in [0.3, 0.4) is 0 Å². The normalized spacial score (nSPS) is 15.0. The summed E-state index contributed by atoms with van der Waals surface area (Å²) in [7, 11) is -4.16. The summed E-state index contributed by atoms with van der Waals surface area (Å²) in [5.41, 5.74) is 1.39. The Balaban J connectivity index is 1.74. The van der Waals surface area contributed by atoms with Gasteiger partial charge in [0.05, 0.1) is 5.57 Å². The van der Waals surface area contributed by atoms with Crippen molar-refractivity contribution >= 4 is 51.1 Å². The Kier molecular flexibility index (Phi) is 5.82. The van der Waals surface area contributed by atoms with E-state index >= 15 is 0 Å². The first-order valence-electron chi connectivity index (χ1n) is 8.90. The molecule has 1 aliphatic heterocycles. The van der Waals surface area contributed by atoms with Gasteiger partial charge in [-0.05, 0) is 48.5 Å². The smallest absolute Gasteiger partial charge is 0.368 e. The summed E-state index contributed by atoms with van der Waals surface area (Å²) in [4.78, 5) is 17.0. The van der Waals surface area contributed by atoms with Gasteiger partial charge in [-0.2, -0.15) is 8.42 Å². The molecule has 0 bridgehead atoms. The minimum absolute atomic E-state index is 0.0149. The van der Waals surface area contributed by atoms with Crippen molar-refractivity contribution in [2.75, 3.05) is 0 Å². The van der Waals surface area contributed by atoms with E-state index in [4.69, 9.17) is 32.2 Å². The van der Waals surface area contributed by atoms with Crippen molar-refractivity contribution in [1.29, 1.82) is 0 Å². The van der Waals surface area contributed by atoms with Gasteiger partial charge in [0.15, 0.2) is 0 Å². The average molecular weight is 474 g/mol. The maximum atomic E-state index is 12.7. The Labute approximate surface area is 188 Å². The number of hydrogen-bond donors (Lipinski definition) is 0. The fourth-order valence-electron chi connectivity index (χ4n) is 2.84. The van der Waals surface area contributed by atoms with Crippen molar-refractivity contribution in [3.8, 4) is 5.75 Å². The third-order valence-electron chi connectivity index (χ3n) is 4.32. The molecule has 31 heavy (non-hydrogen) atoms. The highest BCUT2D eigenvalue weighted by atomic mass is 35.5. The monoisotopic (exact) mass is 473 g/mol. The summed E-state index contributed by atoms with van der Waals surface area (Å²) in [5, 5.41) is 4.56. The molecule has 9 heteroatoms. The van der Waals surface area contributed by atoms with Gasteiger partial charge in [0.1, 0.15) is 16.4 Å². The molecule has 0 fully saturated rings. The van der Waals surface area contributed by atoms with Gasteiger partial charge in [0.25, 0.3) is 0 Å². The predicted octanol–water partition coefficient (Wildman–Crippen LogP) is 5.11. The molecular weight excluding hydrogens is 461 g/mol. The van der Waals surface area contributed by atoms with Crippen LogP contribution in [-0.4, -0.2) is 20.1 Å². The van der Waals surface area contributed by atoms with Gasteiger partial charge >= 0.3 is 16.1 Å². The first kappa shape index (κ1) is 21.1. The molecule has 0 N–H and O–H groups in total. The van der Waals surface area contributed by atoms with E-state index in [1.165, 1.54) is 48.5 Å². The van der Waals surface area contributed by atoms with E-state index in [1.807, 2.05) is 6.07 Å². The summed E-state index contributed by atoms with van der Waals surface area (Å²) in [6, 6.07) is 18.9. The Hall–Kier alpha value is -3.13. The number of carbonyl (C=O) groups is 1. The third kappa shape index (κ3) is 4.64. The molecule has 0 amide bonds.